The topological polar surface area (TPSA) is 94.3 Å². The molecule has 120 valence electrons. The van der Waals surface area contributed by atoms with Crippen molar-refractivity contribution in [2.75, 3.05) is 5.73 Å². The van der Waals surface area contributed by atoms with Crippen LogP contribution in [0.15, 0.2) is 23.2 Å². The molecule has 23 heavy (non-hydrogen) atoms. The molecule has 3 heterocycles. The van der Waals surface area contributed by atoms with Crippen LogP contribution in [0.1, 0.15) is 36.8 Å². The third-order valence-corrected chi connectivity index (χ3v) is 5.11. The molecular formula is C15H17BrN6O. The first-order chi connectivity index (χ1) is 11.1. The van der Waals surface area contributed by atoms with Crippen LogP contribution in [0.2, 0.25) is 0 Å². The van der Waals surface area contributed by atoms with Gasteiger partial charge in [-0.25, -0.2) is 9.97 Å². The van der Waals surface area contributed by atoms with E-state index in [0.29, 0.717) is 28.2 Å². The van der Waals surface area contributed by atoms with Crippen LogP contribution in [0.3, 0.4) is 0 Å². The highest BCUT2D eigenvalue weighted by Crippen LogP contribution is 2.41. The quantitative estimate of drug-likeness (QED) is 0.711. The van der Waals surface area contributed by atoms with Gasteiger partial charge in [0.25, 0.3) is 0 Å². The number of aliphatic hydroxyl groups is 1. The molecule has 0 radical (unpaired) electrons. The number of anilines is 1. The molecule has 0 saturated heterocycles. The summed E-state index contributed by atoms with van der Waals surface area (Å²) in [6, 6.07) is 0. The molecule has 1 unspecified atom stereocenters. The number of fused-ring (bicyclic) bond motifs is 2. The number of nitrogens with zero attached hydrogens (tertiary/aromatic N) is 5. The Labute approximate surface area is 141 Å². The molecule has 0 aliphatic heterocycles. The summed E-state index contributed by atoms with van der Waals surface area (Å²) < 4.78 is 4.34. The molecule has 1 aliphatic carbocycles. The minimum atomic E-state index is -1.18. The number of halogens is 1. The van der Waals surface area contributed by atoms with Crippen LogP contribution in [0.25, 0.3) is 5.52 Å². The zero-order valence-electron chi connectivity index (χ0n) is 12.7. The Morgan fingerprint density at radius 1 is 1.48 bits per heavy atom. The molecule has 0 spiro atoms. The number of aromatic nitrogens is 5. The molecule has 8 heteroatoms. The lowest BCUT2D eigenvalue weighted by Crippen LogP contribution is -2.34. The summed E-state index contributed by atoms with van der Waals surface area (Å²) in [5.41, 5.74) is 7.37. The normalized spacial score (nSPS) is 20.8. The first-order valence-electron chi connectivity index (χ1n) is 7.62. The summed E-state index contributed by atoms with van der Waals surface area (Å²) in [6.07, 6.45) is 7.54. The highest BCUT2D eigenvalue weighted by atomic mass is 79.9. The highest BCUT2D eigenvalue weighted by molar-refractivity contribution is 9.10. The van der Waals surface area contributed by atoms with Gasteiger partial charge in [0.15, 0.2) is 17.2 Å². The van der Waals surface area contributed by atoms with Crippen molar-refractivity contribution in [2.24, 2.45) is 0 Å². The van der Waals surface area contributed by atoms with Gasteiger partial charge >= 0.3 is 0 Å². The maximum Gasteiger partial charge on any atom is 0.151 e. The van der Waals surface area contributed by atoms with Gasteiger partial charge in [0.2, 0.25) is 0 Å². The SMILES string of the molecule is CCn1ncc2c1CCCC2(O)c1nc(Br)c2c(N)nccn12. The van der Waals surface area contributed by atoms with E-state index < -0.39 is 5.60 Å². The Balaban J connectivity index is 1.99. The second-order valence-electron chi connectivity index (χ2n) is 5.79. The fourth-order valence-electron chi connectivity index (χ4n) is 3.48. The summed E-state index contributed by atoms with van der Waals surface area (Å²) in [5, 5.41) is 15.9. The first-order valence-corrected chi connectivity index (χ1v) is 8.41. The molecule has 3 aromatic rings. The van der Waals surface area contributed by atoms with Gasteiger partial charge in [-0.3, -0.25) is 9.08 Å². The van der Waals surface area contributed by atoms with Crippen LogP contribution in [0, 0.1) is 0 Å². The molecule has 1 atom stereocenters. The molecular weight excluding hydrogens is 360 g/mol. The van der Waals surface area contributed by atoms with Crippen molar-refractivity contribution in [1.29, 1.82) is 0 Å². The zero-order chi connectivity index (χ0) is 16.2. The number of hydrogen-bond acceptors (Lipinski definition) is 5. The molecule has 0 saturated carbocycles. The predicted molar refractivity (Wildman–Crippen MR) is 88.9 cm³/mol. The largest absolute Gasteiger partial charge is 0.382 e. The van der Waals surface area contributed by atoms with Crippen LogP contribution in [-0.2, 0) is 18.6 Å². The maximum absolute atomic E-state index is 11.5. The van der Waals surface area contributed by atoms with E-state index in [1.54, 1.807) is 18.6 Å². The average molecular weight is 377 g/mol. The lowest BCUT2D eigenvalue weighted by Gasteiger charge is -2.31. The Hall–Kier alpha value is -1.93. The number of imidazole rings is 1. The van der Waals surface area contributed by atoms with Crippen molar-refractivity contribution in [1.82, 2.24) is 24.1 Å². The minimum absolute atomic E-state index is 0.377. The second kappa shape index (κ2) is 5.04. The third-order valence-electron chi connectivity index (χ3n) is 4.56. The molecule has 0 fully saturated rings. The lowest BCUT2D eigenvalue weighted by atomic mass is 9.82. The predicted octanol–water partition coefficient (Wildman–Crippen LogP) is 1.86. The van der Waals surface area contributed by atoms with E-state index in [4.69, 9.17) is 5.73 Å². The van der Waals surface area contributed by atoms with Gasteiger partial charge in [-0.05, 0) is 42.1 Å². The number of rotatable bonds is 2. The molecule has 0 amide bonds. The molecule has 3 N–H and O–H groups in total. The number of hydrogen-bond donors (Lipinski definition) is 2. The van der Waals surface area contributed by atoms with Gasteiger partial charge in [-0.2, -0.15) is 5.10 Å². The van der Waals surface area contributed by atoms with Gasteiger partial charge < -0.3 is 10.8 Å². The molecule has 0 bridgehead atoms. The Kier molecular flexibility index (Phi) is 3.21. The van der Waals surface area contributed by atoms with E-state index in [2.05, 4.69) is 37.9 Å². The van der Waals surface area contributed by atoms with Gasteiger partial charge in [0, 0.05) is 30.2 Å². The van der Waals surface area contributed by atoms with Gasteiger partial charge in [0.1, 0.15) is 10.1 Å². The van der Waals surface area contributed by atoms with Crippen molar-refractivity contribution in [3.8, 4) is 0 Å². The van der Waals surface area contributed by atoms with Crippen LogP contribution in [0.5, 0.6) is 0 Å². The van der Waals surface area contributed by atoms with Crippen LogP contribution in [-0.4, -0.2) is 29.3 Å². The van der Waals surface area contributed by atoms with Crippen molar-refractivity contribution in [3.63, 3.8) is 0 Å². The summed E-state index contributed by atoms with van der Waals surface area (Å²) in [4.78, 5) is 8.65. The number of nitrogens with two attached hydrogens (primary N) is 1. The fourth-order valence-corrected chi connectivity index (χ4v) is 4.05. The maximum atomic E-state index is 11.5. The van der Waals surface area contributed by atoms with Crippen molar-refractivity contribution in [3.05, 3.63) is 40.3 Å². The van der Waals surface area contributed by atoms with E-state index >= 15 is 0 Å². The molecule has 4 rings (SSSR count). The highest BCUT2D eigenvalue weighted by Gasteiger charge is 2.42. The van der Waals surface area contributed by atoms with E-state index in [-0.39, 0.29) is 0 Å². The van der Waals surface area contributed by atoms with Crippen LogP contribution < -0.4 is 5.73 Å². The summed E-state index contributed by atoms with van der Waals surface area (Å²) >= 11 is 3.43. The van der Waals surface area contributed by atoms with Crippen molar-refractivity contribution in [2.45, 2.75) is 38.3 Å². The third kappa shape index (κ3) is 1.94. The second-order valence-corrected chi connectivity index (χ2v) is 6.54. The van der Waals surface area contributed by atoms with Gasteiger partial charge in [-0.15, -0.1) is 0 Å². The van der Waals surface area contributed by atoms with E-state index in [0.717, 1.165) is 30.6 Å². The zero-order valence-corrected chi connectivity index (χ0v) is 14.3. The molecule has 1 aliphatic rings. The van der Waals surface area contributed by atoms with Gasteiger partial charge in [-0.1, -0.05) is 0 Å². The summed E-state index contributed by atoms with van der Waals surface area (Å²) in [7, 11) is 0. The van der Waals surface area contributed by atoms with Gasteiger partial charge in [0.05, 0.1) is 6.20 Å². The van der Waals surface area contributed by atoms with E-state index in [1.807, 2.05) is 9.08 Å². The number of aryl methyl sites for hydroxylation is 1. The molecule has 3 aromatic heterocycles. The smallest absolute Gasteiger partial charge is 0.151 e. The summed E-state index contributed by atoms with van der Waals surface area (Å²) in [6.45, 7) is 2.84. The molecule has 7 nitrogen and oxygen atoms in total. The molecule has 0 aromatic carbocycles. The number of nitrogen functional groups attached to an aromatic ring is 1. The van der Waals surface area contributed by atoms with E-state index in [9.17, 15) is 5.11 Å². The Morgan fingerprint density at radius 3 is 3.09 bits per heavy atom. The first kappa shape index (κ1) is 14.6. The Morgan fingerprint density at radius 2 is 2.30 bits per heavy atom. The monoisotopic (exact) mass is 376 g/mol. The van der Waals surface area contributed by atoms with E-state index in [1.165, 1.54) is 0 Å². The van der Waals surface area contributed by atoms with Crippen LogP contribution >= 0.6 is 15.9 Å². The average Bonchev–Trinajstić information content (AvgIpc) is 3.11. The van der Waals surface area contributed by atoms with Crippen molar-refractivity contribution >= 4 is 27.3 Å². The van der Waals surface area contributed by atoms with Crippen LogP contribution in [0.4, 0.5) is 5.82 Å². The lowest BCUT2D eigenvalue weighted by molar-refractivity contribution is 0.0512. The standard InChI is InChI=1S/C15H17BrN6O/c1-2-22-10-4-3-5-15(23,9(10)8-19-22)14-20-12(16)11-13(17)18-6-7-21(11)14/h6-8,23H,2-5H2,1H3,(H2,17,18). The summed E-state index contributed by atoms with van der Waals surface area (Å²) in [5.74, 6) is 0.923. The van der Waals surface area contributed by atoms with Crippen molar-refractivity contribution < 1.29 is 5.11 Å². The minimum Gasteiger partial charge on any atom is -0.382 e. The Bertz CT molecular complexity index is 901. The fraction of sp³-hybridized carbons (Fsp3) is 0.400.